The lowest BCUT2D eigenvalue weighted by atomic mass is 9.97. The number of benzene rings is 1. The maximum Gasteiger partial charge on any atom is 0.245 e. The van der Waals surface area contributed by atoms with E-state index in [1.807, 2.05) is 0 Å². The maximum absolute atomic E-state index is 14.2. The summed E-state index contributed by atoms with van der Waals surface area (Å²) >= 11 is 0. The summed E-state index contributed by atoms with van der Waals surface area (Å²) in [4.78, 5) is -0.243. The highest BCUT2D eigenvalue weighted by molar-refractivity contribution is 7.89. The number of hydrogen-bond donors (Lipinski definition) is 1. The highest BCUT2D eigenvalue weighted by Gasteiger charge is 2.33. The molecule has 0 aliphatic carbocycles. The Morgan fingerprint density at radius 3 is 2.69 bits per heavy atom. The van der Waals surface area contributed by atoms with Crippen molar-refractivity contribution < 1.29 is 12.8 Å². The van der Waals surface area contributed by atoms with Crippen LogP contribution in [0.5, 0.6) is 0 Å². The van der Waals surface area contributed by atoms with Crippen LogP contribution in [-0.2, 0) is 23.1 Å². The molecule has 7 nitrogen and oxygen atoms in total. The van der Waals surface area contributed by atoms with Crippen molar-refractivity contribution in [3.8, 4) is 0 Å². The van der Waals surface area contributed by atoms with Gasteiger partial charge in [-0.25, -0.2) is 12.8 Å². The van der Waals surface area contributed by atoms with E-state index in [0.29, 0.717) is 38.0 Å². The van der Waals surface area contributed by atoms with Crippen molar-refractivity contribution in [2.45, 2.75) is 43.7 Å². The standard InChI is InChI=1S/C17H22FN5O2S/c1-12-2-3-15(14(18)10-12)26(24,25)22-7-4-13(5-8-22)17-21-20-16-11-19-6-9-23(16)17/h2-3,10,13,19H,4-9,11H2,1H3. The summed E-state index contributed by atoms with van der Waals surface area (Å²) in [5, 5.41) is 11.8. The molecule has 0 atom stereocenters. The van der Waals surface area contributed by atoms with E-state index >= 15 is 0 Å². The molecule has 2 aliphatic heterocycles. The van der Waals surface area contributed by atoms with Gasteiger partial charge in [-0.05, 0) is 37.5 Å². The van der Waals surface area contributed by atoms with E-state index in [1.165, 1.54) is 16.4 Å². The highest BCUT2D eigenvalue weighted by atomic mass is 32.2. The van der Waals surface area contributed by atoms with Gasteiger partial charge < -0.3 is 9.88 Å². The maximum atomic E-state index is 14.2. The minimum Gasteiger partial charge on any atom is -0.312 e. The molecule has 0 amide bonds. The van der Waals surface area contributed by atoms with Crippen LogP contribution in [0.1, 0.15) is 36.0 Å². The lowest BCUT2D eigenvalue weighted by Gasteiger charge is -2.31. The van der Waals surface area contributed by atoms with Gasteiger partial charge in [0.1, 0.15) is 22.4 Å². The highest BCUT2D eigenvalue weighted by Crippen LogP contribution is 2.31. The van der Waals surface area contributed by atoms with Gasteiger partial charge in [-0.1, -0.05) is 6.07 Å². The number of fused-ring (bicyclic) bond motifs is 1. The summed E-state index contributed by atoms with van der Waals surface area (Å²) in [7, 11) is -3.81. The number of sulfonamides is 1. The molecule has 2 aliphatic rings. The fraction of sp³-hybridized carbons (Fsp3) is 0.529. The summed E-state index contributed by atoms with van der Waals surface area (Å²) in [6.45, 7) is 4.90. The molecule has 1 saturated heterocycles. The van der Waals surface area contributed by atoms with Gasteiger partial charge in [0.05, 0.1) is 6.54 Å². The van der Waals surface area contributed by atoms with E-state index in [-0.39, 0.29) is 10.8 Å². The number of piperidine rings is 1. The minimum absolute atomic E-state index is 0.184. The predicted octanol–water partition coefficient (Wildman–Crippen LogP) is 1.40. The second-order valence-corrected chi connectivity index (χ2v) is 8.82. The largest absolute Gasteiger partial charge is 0.312 e. The van der Waals surface area contributed by atoms with Crippen LogP contribution < -0.4 is 5.32 Å². The van der Waals surface area contributed by atoms with Crippen molar-refractivity contribution in [1.29, 1.82) is 0 Å². The number of aryl methyl sites for hydroxylation is 1. The van der Waals surface area contributed by atoms with Gasteiger partial charge >= 0.3 is 0 Å². The zero-order valence-corrected chi connectivity index (χ0v) is 15.5. The molecule has 0 bridgehead atoms. The zero-order valence-electron chi connectivity index (χ0n) is 14.7. The zero-order chi connectivity index (χ0) is 18.3. The topological polar surface area (TPSA) is 80.1 Å². The van der Waals surface area contributed by atoms with Crippen LogP contribution >= 0.6 is 0 Å². The van der Waals surface area contributed by atoms with Crippen LogP contribution in [0.2, 0.25) is 0 Å². The Labute approximate surface area is 152 Å². The molecule has 3 heterocycles. The molecule has 4 rings (SSSR count). The number of halogens is 1. The van der Waals surface area contributed by atoms with E-state index in [1.54, 1.807) is 13.0 Å². The van der Waals surface area contributed by atoms with Crippen LogP contribution in [0.25, 0.3) is 0 Å². The number of nitrogens with zero attached hydrogens (tertiary/aromatic N) is 4. The van der Waals surface area contributed by atoms with Gasteiger partial charge in [0.2, 0.25) is 10.0 Å². The molecule has 1 aromatic carbocycles. The van der Waals surface area contributed by atoms with Crippen LogP contribution in [-0.4, -0.2) is 47.1 Å². The SMILES string of the molecule is Cc1ccc(S(=O)(=O)N2CCC(c3nnc4n3CCNC4)CC2)c(F)c1. The Bertz CT molecular complexity index is 919. The number of rotatable bonds is 3. The molecule has 2 aromatic rings. The molecule has 0 unspecified atom stereocenters. The molecule has 0 radical (unpaired) electrons. The first-order valence-corrected chi connectivity index (χ1v) is 10.3. The number of aromatic nitrogens is 3. The molecule has 1 fully saturated rings. The third kappa shape index (κ3) is 3.04. The van der Waals surface area contributed by atoms with Crippen molar-refractivity contribution in [2.24, 2.45) is 0 Å². The average molecular weight is 379 g/mol. The number of hydrogen-bond acceptors (Lipinski definition) is 5. The van der Waals surface area contributed by atoms with Gasteiger partial charge in [-0.15, -0.1) is 10.2 Å². The monoisotopic (exact) mass is 379 g/mol. The Hall–Kier alpha value is -1.84. The van der Waals surface area contributed by atoms with Crippen molar-refractivity contribution in [3.63, 3.8) is 0 Å². The second kappa shape index (κ2) is 6.71. The fourth-order valence-electron chi connectivity index (χ4n) is 3.73. The predicted molar refractivity (Wildman–Crippen MR) is 93.6 cm³/mol. The van der Waals surface area contributed by atoms with Crippen LogP contribution in [0.15, 0.2) is 23.1 Å². The van der Waals surface area contributed by atoms with Crippen LogP contribution in [0.3, 0.4) is 0 Å². The molecule has 1 N–H and O–H groups in total. The minimum atomic E-state index is -3.81. The van der Waals surface area contributed by atoms with Crippen LogP contribution in [0, 0.1) is 12.7 Å². The summed E-state index contributed by atoms with van der Waals surface area (Å²) in [5.74, 6) is 1.37. The summed E-state index contributed by atoms with van der Waals surface area (Å²) < 4.78 is 43.3. The van der Waals surface area contributed by atoms with E-state index in [2.05, 4.69) is 20.1 Å². The van der Waals surface area contributed by atoms with Crippen molar-refractivity contribution in [2.75, 3.05) is 19.6 Å². The van der Waals surface area contributed by atoms with E-state index in [4.69, 9.17) is 0 Å². The number of nitrogens with one attached hydrogen (secondary N) is 1. The van der Waals surface area contributed by atoms with Crippen LogP contribution in [0.4, 0.5) is 4.39 Å². The first kappa shape index (κ1) is 17.6. The molecule has 1 aromatic heterocycles. The third-order valence-electron chi connectivity index (χ3n) is 5.18. The quantitative estimate of drug-likeness (QED) is 0.872. The average Bonchev–Trinajstić information content (AvgIpc) is 3.05. The van der Waals surface area contributed by atoms with Crippen molar-refractivity contribution >= 4 is 10.0 Å². The third-order valence-corrected chi connectivity index (χ3v) is 7.11. The Morgan fingerprint density at radius 2 is 1.96 bits per heavy atom. The summed E-state index contributed by atoms with van der Waals surface area (Å²) in [6.07, 6.45) is 1.33. The Kier molecular flexibility index (Phi) is 4.54. The Balaban J connectivity index is 1.50. The van der Waals surface area contributed by atoms with Gasteiger partial charge in [0, 0.05) is 32.1 Å². The van der Waals surface area contributed by atoms with E-state index in [9.17, 15) is 12.8 Å². The van der Waals surface area contributed by atoms with E-state index in [0.717, 1.165) is 24.7 Å². The molecule has 140 valence electrons. The molecular formula is C17H22FN5O2S. The first-order valence-electron chi connectivity index (χ1n) is 8.86. The summed E-state index contributed by atoms with van der Waals surface area (Å²) in [6, 6.07) is 4.24. The fourth-order valence-corrected chi connectivity index (χ4v) is 5.24. The molecular weight excluding hydrogens is 357 g/mol. The lowest BCUT2D eigenvalue weighted by Crippen LogP contribution is -2.39. The first-order chi connectivity index (χ1) is 12.5. The molecule has 26 heavy (non-hydrogen) atoms. The van der Waals surface area contributed by atoms with Gasteiger partial charge in [0.25, 0.3) is 0 Å². The van der Waals surface area contributed by atoms with E-state index < -0.39 is 15.8 Å². The lowest BCUT2D eigenvalue weighted by molar-refractivity contribution is 0.306. The molecule has 9 heteroatoms. The molecule has 0 spiro atoms. The van der Waals surface area contributed by atoms with Crippen molar-refractivity contribution in [3.05, 3.63) is 41.2 Å². The van der Waals surface area contributed by atoms with Gasteiger partial charge in [-0.3, -0.25) is 0 Å². The smallest absolute Gasteiger partial charge is 0.245 e. The van der Waals surface area contributed by atoms with Crippen molar-refractivity contribution in [1.82, 2.24) is 24.4 Å². The normalized spacial score (nSPS) is 19.5. The Morgan fingerprint density at radius 1 is 1.19 bits per heavy atom. The van der Waals surface area contributed by atoms with Gasteiger partial charge in [-0.2, -0.15) is 4.31 Å². The summed E-state index contributed by atoms with van der Waals surface area (Å²) in [5.41, 5.74) is 0.700. The second-order valence-electron chi connectivity index (χ2n) is 6.92. The molecule has 0 saturated carbocycles. The van der Waals surface area contributed by atoms with Gasteiger partial charge in [0.15, 0.2) is 0 Å².